The number of carbonyl (C=O) groups excluding carboxylic acids is 2. The first kappa shape index (κ1) is 17.9. The van der Waals surface area contributed by atoms with Gasteiger partial charge in [-0.25, -0.2) is 0 Å². The Bertz CT molecular complexity index is 272. The van der Waals surface area contributed by atoms with E-state index < -0.39 is 0 Å². The molecule has 0 saturated heterocycles. The van der Waals surface area contributed by atoms with Crippen LogP contribution in [0.4, 0.5) is 0 Å². The second-order valence-corrected chi connectivity index (χ2v) is 5.85. The Kier molecular flexibility index (Phi) is 9.21. The van der Waals surface area contributed by atoms with Crippen LogP contribution in [0.15, 0.2) is 0 Å². The minimum absolute atomic E-state index is 0.0244. The van der Waals surface area contributed by atoms with Crippen molar-refractivity contribution in [3.05, 3.63) is 0 Å². The van der Waals surface area contributed by atoms with Gasteiger partial charge in [-0.2, -0.15) is 0 Å². The Labute approximate surface area is 116 Å². The number of amides is 2. The average Bonchev–Trinajstić information content (AvgIpc) is 2.26. The van der Waals surface area contributed by atoms with Crippen molar-refractivity contribution in [2.24, 2.45) is 5.73 Å². The van der Waals surface area contributed by atoms with Gasteiger partial charge in [0.25, 0.3) is 0 Å². The standard InChI is InChI=1S/C14H29N3O2/c1-14(2,3)17-13(19)9-11-16-12(18)8-6-4-5-7-10-15/h4-11,15H2,1-3H3,(H,16,18)(H,17,19). The van der Waals surface area contributed by atoms with Gasteiger partial charge in [-0.15, -0.1) is 0 Å². The van der Waals surface area contributed by atoms with Gasteiger partial charge in [-0.3, -0.25) is 9.59 Å². The largest absolute Gasteiger partial charge is 0.356 e. The molecule has 4 N–H and O–H groups in total. The summed E-state index contributed by atoms with van der Waals surface area (Å²) in [7, 11) is 0. The van der Waals surface area contributed by atoms with E-state index in [-0.39, 0.29) is 17.4 Å². The third kappa shape index (κ3) is 13.1. The molecule has 0 radical (unpaired) electrons. The maximum absolute atomic E-state index is 11.5. The zero-order chi connectivity index (χ0) is 14.7. The van der Waals surface area contributed by atoms with E-state index in [2.05, 4.69) is 10.6 Å². The number of hydrogen-bond acceptors (Lipinski definition) is 3. The van der Waals surface area contributed by atoms with Crippen LogP contribution in [0.2, 0.25) is 0 Å². The molecule has 0 heterocycles. The summed E-state index contributed by atoms with van der Waals surface area (Å²) >= 11 is 0. The van der Waals surface area contributed by atoms with E-state index in [1.165, 1.54) is 0 Å². The molecule has 0 bridgehead atoms. The molecule has 0 unspecified atom stereocenters. The molecular weight excluding hydrogens is 242 g/mol. The van der Waals surface area contributed by atoms with Crippen LogP contribution in [0, 0.1) is 0 Å². The SMILES string of the molecule is CC(C)(C)NC(=O)CCNC(=O)CCCCCCN. The predicted molar refractivity (Wildman–Crippen MR) is 77.7 cm³/mol. The zero-order valence-corrected chi connectivity index (χ0v) is 12.6. The summed E-state index contributed by atoms with van der Waals surface area (Å²) in [6, 6.07) is 0. The number of carbonyl (C=O) groups is 2. The molecule has 0 aromatic carbocycles. The molecule has 0 aromatic heterocycles. The van der Waals surface area contributed by atoms with Crippen molar-refractivity contribution < 1.29 is 9.59 Å². The minimum atomic E-state index is -0.218. The van der Waals surface area contributed by atoms with Gasteiger partial charge in [-0.05, 0) is 40.2 Å². The van der Waals surface area contributed by atoms with Crippen LogP contribution >= 0.6 is 0 Å². The second kappa shape index (κ2) is 9.78. The Morgan fingerprint density at radius 2 is 1.58 bits per heavy atom. The molecule has 0 saturated carbocycles. The fourth-order valence-corrected chi connectivity index (χ4v) is 1.67. The Hall–Kier alpha value is -1.10. The van der Waals surface area contributed by atoms with Crippen LogP contribution < -0.4 is 16.4 Å². The lowest BCUT2D eigenvalue weighted by Gasteiger charge is -2.20. The van der Waals surface area contributed by atoms with E-state index in [4.69, 9.17) is 5.73 Å². The highest BCUT2D eigenvalue weighted by Gasteiger charge is 2.13. The van der Waals surface area contributed by atoms with E-state index in [1.807, 2.05) is 20.8 Å². The van der Waals surface area contributed by atoms with Gasteiger partial charge in [-0.1, -0.05) is 12.8 Å². The Morgan fingerprint density at radius 3 is 2.16 bits per heavy atom. The highest BCUT2D eigenvalue weighted by Crippen LogP contribution is 2.02. The quantitative estimate of drug-likeness (QED) is 0.553. The average molecular weight is 271 g/mol. The fourth-order valence-electron chi connectivity index (χ4n) is 1.67. The molecule has 0 aliphatic heterocycles. The summed E-state index contributed by atoms with van der Waals surface area (Å²) < 4.78 is 0. The number of hydrogen-bond donors (Lipinski definition) is 3. The number of rotatable bonds is 9. The molecule has 19 heavy (non-hydrogen) atoms. The maximum atomic E-state index is 11.5. The second-order valence-electron chi connectivity index (χ2n) is 5.85. The van der Waals surface area contributed by atoms with E-state index in [0.29, 0.717) is 19.4 Å². The van der Waals surface area contributed by atoms with E-state index in [0.717, 1.165) is 32.2 Å². The Morgan fingerprint density at radius 1 is 0.947 bits per heavy atom. The van der Waals surface area contributed by atoms with Crippen molar-refractivity contribution in [3.8, 4) is 0 Å². The summed E-state index contributed by atoms with van der Waals surface area (Å²) in [6.07, 6.45) is 4.89. The number of nitrogens with two attached hydrogens (primary N) is 1. The van der Waals surface area contributed by atoms with Gasteiger partial charge in [0.05, 0.1) is 0 Å². The normalized spacial score (nSPS) is 11.2. The third-order valence-corrected chi connectivity index (χ3v) is 2.55. The van der Waals surface area contributed by atoms with Crippen LogP contribution in [-0.2, 0) is 9.59 Å². The maximum Gasteiger partial charge on any atom is 0.222 e. The molecule has 0 atom stereocenters. The van der Waals surface area contributed by atoms with Crippen molar-refractivity contribution in [3.63, 3.8) is 0 Å². The minimum Gasteiger partial charge on any atom is -0.356 e. The van der Waals surface area contributed by atoms with Crippen molar-refractivity contribution in [1.29, 1.82) is 0 Å². The first-order valence-electron chi connectivity index (χ1n) is 7.13. The summed E-state index contributed by atoms with van der Waals surface area (Å²) in [5.41, 5.74) is 5.17. The first-order chi connectivity index (χ1) is 8.85. The first-order valence-corrected chi connectivity index (χ1v) is 7.13. The highest BCUT2D eigenvalue weighted by atomic mass is 16.2. The molecule has 0 spiro atoms. The molecule has 0 rings (SSSR count). The molecule has 0 aliphatic carbocycles. The van der Waals surface area contributed by atoms with Gasteiger partial charge in [0, 0.05) is 24.9 Å². The lowest BCUT2D eigenvalue weighted by molar-refractivity contribution is -0.123. The van der Waals surface area contributed by atoms with Crippen LogP contribution in [0.3, 0.4) is 0 Å². The van der Waals surface area contributed by atoms with Crippen LogP contribution in [-0.4, -0.2) is 30.4 Å². The van der Waals surface area contributed by atoms with Gasteiger partial charge >= 0.3 is 0 Å². The third-order valence-electron chi connectivity index (χ3n) is 2.55. The summed E-state index contributed by atoms with van der Waals surface area (Å²) in [6.45, 7) is 6.93. The summed E-state index contributed by atoms with van der Waals surface area (Å²) in [5.74, 6) is -0.00736. The summed E-state index contributed by atoms with van der Waals surface area (Å²) in [4.78, 5) is 23.0. The van der Waals surface area contributed by atoms with Crippen LogP contribution in [0.1, 0.15) is 59.3 Å². The van der Waals surface area contributed by atoms with Gasteiger partial charge in [0.15, 0.2) is 0 Å². The molecule has 2 amide bonds. The number of nitrogens with one attached hydrogen (secondary N) is 2. The molecular formula is C14H29N3O2. The Balaban J connectivity index is 3.50. The topological polar surface area (TPSA) is 84.2 Å². The van der Waals surface area contributed by atoms with E-state index >= 15 is 0 Å². The van der Waals surface area contributed by atoms with Crippen LogP contribution in [0.25, 0.3) is 0 Å². The number of unbranched alkanes of at least 4 members (excludes halogenated alkanes) is 3. The highest BCUT2D eigenvalue weighted by molar-refractivity contribution is 5.79. The van der Waals surface area contributed by atoms with Crippen molar-refractivity contribution in [2.75, 3.05) is 13.1 Å². The van der Waals surface area contributed by atoms with Crippen molar-refractivity contribution in [2.45, 2.75) is 64.8 Å². The van der Waals surface area contributed by atoms with Gasteiger partial charge in [0.1, 0.15) is 0 Å². The van der Waals surface area contributed by atoms with Crippen molar-refractivity contribution in [1.82, 2.24) is 10.6 Å². The summed E-state index contributed by atoms with van der Waals surface area (Å²) in [5, 5.41) is 5.62. The van der Waals surface area contributed by atoms with E-state index in [9.17, 15) is 9.59 Å². The molecule has 0 aromatic rings. The van der Waals surface area contributed by atoms with E-state index in [1.54, 1.807) is 0 Å². The fraction of sp³-hybridized carbons (Fsp3) is 0.857. The predicted octanol–water partition coefficient (Wildman–Crippen LogP) is 1.32. The lowest BCUT2D eigenvalue weighted by Crippen LogP contribution is -2.41. The van der Waals surface area contributed by atoms with Crippen molar-refractivity contribution >= 4 is 11.8 Å². The smallest absolute Gasteiger partial charge is 0.222 e. The zero-order valence-electron chi connectivity index (χ0n) is 12.6. The van der Waals surface area contributed by atoms with Gasteiger partial charge in [0.2, 0.25) is 11.8 Å². The molecule has 0 fully saturated rings. The molecule has 5 heteroatoms. The molecule has 5 nitrogen and oxygen atoms in total. The van der Waals surface area contributed by atoms with Crippen LogP contribution in [0.5, 0.6) is 0 Å². The van der Waals surface area contributed by atoms with Gasteiger partial charge < -0.3 is 16.4 Å². The molecule has 112 valence electrons. The molecule has 0 aliphatic rings. The monoisotopic (exact) mass is 271 g/mol. The lowest BCUT2D eigenvalue weighted by atomic mass is 10.1.